The normalized spacial score (nSPS) is 19.3. The van der Waals surface area contributed by atoms with Gasteiger partial charge in [0.1, 0.15) is 11.4 Å². The Kier molecular flexibility index (Phi) is 3.10. The Labute approximate surface area is 98.4 Å². The summed E-state index contributed by atoms with van der Waals surface area (Å²) in [5.41, 5.74) is -0.203. The molecule has 2 N–H and O–H groups in total. The molecule has 0 radical (unpaired) electrons. The van der Waals surface area contributed by atoms with Crippen LogP contribution >= 0.6 is 7.37 Å². The van der Waals surface area contributed by atoms with Crippen LogP contribution in [0.5, 0.6) is 0 Å². The molecule has 0 spiro atoms. The molecule has 1 aromatic carbocycles. The van der Waals surface area contributed by atoms with Gasteiger partial charge in [-0.3, -0.25) is 14.2 Å². The van der Waals surface area contributed by atoms with E-state index >= 15 is 0 Å². The van der Waals surface area contributed by atoms with Crippen LogP contribution in [0.25, 0.3) is 0 Å². The third kappa shape index (κ3) is 2.42. The Morgan fingerprint density at radius 2 is 2.12 bits per heavy atom. The van der Waals surface area contributed by atoms with Gasteiger partial charge in [0.15, 0.2) is 7.37 Å². The van der Waals surface area contributed by atoms with Gasteiger partial charge in [0.2, 0.25) is 0 Å². The van der Waals surface area contributed by atoms with E-state index in [4.69, 9.17) is 0 Å². The lowest BCUT2D eigenvalue weighted by Gasteiger charge is -2.25. The number of hydrogen-bond donors (Lipinski definition) is 2. The summed E-state index contributed by atoms with van der Waals surface area (Å²) in [5.74, 6) is 0. The van der Waals surface area contributed by atoms with Gasteiger partial charge < -0.3 is 15.1 Å². The average Bonchev–Trinajstić information content (AvgIpc) is 2.44. The zero-order chi connectivity index (χ0) is 12.6. The molecule has 94 valence electrons. The van der Waals surface area contributed by atoms with Crippen molar-refractivity contribution in [2.24, 2.45) is 0 Å². The second-order valence-electron chi connectivity index (χ2n) is 4.42. The van der Waals surface area contributed by atoms with Gasteiger partial charge in [-0.05, 0) is 6.42 Å². The number of nitrogens with one attached hydrogen (secondary N) is 1. The van der Waals surface area contributed by atoms with Crippen molar-refractivity contribution >= 4 is 18.7 Å². The first-order chi connectivity index (χ1) is 7.90. The van der Waals surface area contributed by atoms with Crippen LogP contribution in [0.4, 0.5) is 11.4 Å². The molecule has 0 aliphatic carbocycles. The lowest BCUT2D eigenvalue weighted by atomic mass is 10.2. The summed E-state index contributed by atoms with van der Waals surface area (Å²) in [4.78, 5) is 33.8. The molecule has 1 atom stereocenters. The highest BCUT2D eigenvalue weighted by Gasteiger charge is 2.28. The van der Waals surface area contributed by atoms with Crippen molar-refractivity contribution in [1.29, 1.82) is 0 Å². The van der Waals surface area contributed by atoms with Crippen molar-refractivity contribution < 1.29 is 9.46 Å². The zero-order valence-electron chi connectivity index (χ0n) is 9.60. The fraction of sp³-hybridized carbons (Fsp3) is 0.600. The predicted octanol–water partition coefficient (Wildman–Crippen LogP) is -0.195. The maximum Gasteiger partial charge on any atom is 0.253 e. The Balaban J connectivity index is 2.19. The summed E-state index contributed by atoms with van der Waals surface area (Å²) < 4.78 is 11.2. The molecule has 0 saturated heterocycles. The zero-order valence-corrected chi connectivity index (χ0v) is 10.5. The van der Waals surface area contributed by atoms with Crippen LogP contribution in [0.3, 0.4) is 0 Å². The molecule has 1 heterocycles. The predicted molar refractivity (Wildman–Crippen MR) is 67.3 cm³/mol. The van der Waals surface area contributed by atoms with Crippen LogP contribution in [0, 0.1) is 0 Å². The Morgan fingerprint density at radius 3 is 2.76 bits per heavy atom. The molecular weight excluding hydrogens is 243 g/mol. The van der Waals surface area contributed by atoms with Crippen LogP contribution < -0.4 is 21.1 Å². The molecule has 0 saturated carbocycles. The van der Waals surface area contributed by atoms with E-state index in [9.17, 15) is 19.0 Å². The summed E-state index contributed by atoms with van der Waals surface area (Å²) in [6.45, 7) is 2.91. The first-order valence-corrected chi connectivity index (χ1v) is 7.81. The van der Waals surface area contributed by atoms with Crippen molar-refractivity contribution in [3.8, 4) is 0 Å². The highest BCUT2D eigenvalue weighted by Crippen LogP contribution is 2.35. The molecule has 0 aromatic heterocycles. The van der Waals surface area contributed by atoms with Gasteiger partial charge >= 0.3 is 0 Å². The Bertz CT molecular complexity index is 541. The summed E-state index contributed by atoms with van der Waals surface area (Å²) in [5, 5.41) is 2.92. The second kappa shape index (κ2) is 4.27. The van der Waals surface area contributed by atoms with Crippen LogP contribution in [0.2, 0.25) is 0 Å². The second-order valence-corrected chi connectivity index (χ2v) is 6.97. The van der Waals surface area contributed by atoms with Crippen molar-refractivity contribution in [3.05, 3.63) is 20.4 Å². The standard InChI is InChI=1S/C10H15N2O4P/c1-17(15,16)6-5-12-4-2-3-11-7-8(12)10(14)9(7)13/h11H,2-6H2,1H3,(H,15,16). The molecule has 1 aromatic rings. The highest BCUT2D eigenvalue weighted by molar-refractivity contribution is 7.57. The molecule has 7 heteroatoms. The van der Waals surface area contributed by atoms with Gasteiger partial charge in [-0.15, -0.1) is 0 Å². The van der Waals surface area contributed by atoms with Gasteiger partial charge in [0.25, 0.3) is 10.9 Å². The van der Waals surface area contributed by atoms with Crippen LogP contribution in [0.1, 0.15) is 6.42 Å². The van der Waals surface area contributed by atoms with E-state index in [1.165, 1.54) is 6.66 Å². The molecule has 2 rings (SSSR count). The third-order valence-electron chi connectivity index (χ3n) is 2.89. The van der Waals surface area contributed by atoms with E-state index in [2.05, 4.69) is 5.32 Å². The number of anilines is 2. The van der Waals surface area contributed by atoms with Gasteiger partial charge in [0, 0.05) is 32.5 Å². The fourth-order valence-corrected chi connectivity index (χ4v) is 2.58. The summed E-state index contributed by atoms with van der Waals surface area (Å²) in [6, 6.07) is 0. The fourth-order valence-electron chi connectivity index (χ4n) is 1.97. The minimum atomic E-state index is -3.08. The number of hydrogen-bond acceptors (Lipinski definition) is 5. The highest BCUT2D eigenvalue weighted by atomic mass is 31.2. The van der Waals surface area contributed by atoms with E-state index in [1.54, 1.807) is 4.90 Å². The molecule has 0 fully saturated rings. The van der Waals surface area contributed by atoms with Gasteiger partial charge in [-0.25, -0.2) is 0 Å². The Hall–Kier alpha value is -1.13. The lowest BCUT2D eigenvalue weighted by molar-refractivity contribution is 0.484. The van der Waals surface area contributed by atoms with E-state index < -0.39 is 18.2 Å². The summed E-state index contributed by atoms with van der Waals surface area (Å²) >= 11 is 0. The van der Waals surface area contributed by atoms with Crippen molar-refractivity contribution in [2.75, 3.05) is 42.7 Å². The van der Waals surface area contributed by atoms with Crippen LogP contribution in [-0.4, -0.2) is 37.4 Å². The SMILES string of the molecule is CP(=O)(O)CCN1CCCNc2c1c(=O)c2=O. The topological polar surface area (TPSA) is 86.7 Å². The molecule has 1 aliphatic rings. The minimum absolute atomic E-state index is 0.130. The molecule has 6 nitrogen and oxygen atoms in total. The molecule has 1 aliphatic heterocycles. The maximum absolute atomic E-state index is 11.5. The molecule has 0 amide bonds. The first-order valence-electron chi connectivity index (χ1n) is 5.51. The van der Waals surface area contributed by atoms with Crippen LogP contribution in [0.15, 0.2) is 9.59 Å². The molecule has 17 heavy (non-hydrogen) atoms. The van der Waals surface area contributed by atoms with E-state index in [1.807, 2.05) is 0 Å². The number of rotatable bonds is 3. The molecular formula is C10H15N2O4P. The van der Waals surface area contributed by atoms with Gasteiger partial charge in [0.05, 0.1) is 0 Å². The number of fused-ring (bicyclic) bond motifs is 1. The van der Waals surface area contributed by atoms with Crippen LogP contribution in [-0.2, 0) is 4.57 Å². The van der Waals surface area contributed by atoms with E-state index in [-0.39, 0.29) is 6.16 Å². The smallest absolute Gasteiger partial charge is 0.253 e. The average molecular weight is 258 g/mol. The Morgan fingerprint density at radius 1 is 1.41 bits per heavy atom. The van der Waals surface area contributed by atoms with Crippen molar-refractivity contribution in [2.45, 2.75) is 6.42 Å². The quantitative estimate of drug-likeness (QED) is 0.577. The van der Waals surface area contributed by atoms with Crippen molar-refractivity contribution in [3.63, 3.8) is 0 Å². The van der Waals surface area contributed by atoms with Gasteiger partial charge in [-0.1, -0.05) is 0 Å². The maximum atomic E-state index is 11.5. The van der Waals surface area contributed by atoms with Crippen molar-refractivity contribution in [1.82, 2.24) is 0 Å². The number of nitrogens with zero attached hydrogens (tertiary/aromatic N) is 1. The van der Waals surface area contributed by atoms with E-state index in [0.717, 1.165) is 6.42 Å². The lowest BCUT2D eigenvalue weighted by Crippen LogP contribution is -2.42. The van der Waals surface area contributed by atoms with E-state index in [0.29, 0.717) is 31.0 Å². The molecule has 1 unspecified atom stereocenters. The summed E-state index contributed by atoms with van der Waals surface area (Å²) in [7, 11) is -3.08. The first kappa shape index (κ1) is 12.3. The summed E-state index contributed by atoms with van der Waals surface area (Å²) in [6.07, 6.45) is 0.929. The third-order valence-corrected chi connectivity index (χ3v) is 3.92. The molecule has 0 bridgehead atoms. The monoisotopic (exact) mass is 258 g/mol. The van der Waals surface area contributed by atoms with Gasteiger partial charge in [-0.2, -0.15) is 0 Å². The largest absolute Gasteiger partial charge is 0.380 e. The minimum Gasteiger partial charge on any atom is -0.380 e.